The summed E-state index contributed by atoms with van der Waals surface area (Å²) in [6.45, 7) is 6.25. The molecule has 0 saturated carbocycles. The molecular weight excluding hydrogens is 174 g/mol. The highest BCUT2D eigenvalue weighted by Gasteiger charge is 2.18. The molecular formula is C8H17NO2S. The molecule has 0 aromatic rings. The van der Waals surface area contributed by atoms with Gasteiger partial charge in [-0.15, -0.1) is 0 Å². The Morgan fingerprint density at radius 1 is 1.58 bits per heavy atom. The average Bonchev–Trinajstić information content (AvgIpc) is 1.97. The van der Waals surface area contributed by atoms with Gasteiger partial charge >= 0.3 is 5.97 Å². The first-order chi connectivity index (χ1) is 5.37. The van der Waals surface area contributed by atoms with E-state index < -0.39 is 6.04 Å². The lowest BCUT2D eigenvalue weighted by Gasteiger charge is -2.19. The minimum absolute atomic E-state index is 0.144. The zero-order valence-electron chi connectivity index (χ0n) is 8.09. The van der Waals surface area contributed by atoms with Gasteiger partial charge in [0.05, 0.1) is 7.11 Å². The van der Waals surface area contributed by atoms with Crippen LogP contribution in [0.1, 0.15) is 20.8 Å². The van der Waals surface area contributed by atoms with Crippen molar-refractivity contribution in [3.05, 3.63) is 0 Å². The van der Waals surface area contributed by atoms with Gasteiger partial charge in [0.25, 0.3) is 0 Å². The quantitative estimate of drug-likeness (QED) is 0.677. The van der Waals surface area contributed by atoms with Crippen LogP contribution < -0.4 is 5.73 Å². The van der Waals surface area contributed by atoms with E-state index in [1.54, 1.807) is 11.8 Å². The first kappa shape index (κ1) is 11.8. The van der Waals surface area contributed by atoms with Gasteiger partial charge in [0.15, 0.2) is 0 Å². The van der Waals surface area contributed by atoms with Gasteiger partial charge in [-0.05, 0) is 0 Å². The minimum Gasteiger partial charge on any atom is -0.468 e. The Labute approximate surface area is 78.0 Å². The molecule has 3 nitrogen and oxygen atoms in total. The fraction of sp³-hybridized carbons (Fsp3) is 0.875. The van der Waals surface area contributed by atoms with Gasteiger partial charge in [-0.1, -0.05) is 20.8 Å². The van der Waals surface area contributed by atoms with E-state index in [2.05, 4.69) is 25.5 Å². The average molecular weight is 191 g/mol. The van der Waals surface area contributed by atoms with E-state index in [-0.39, 0.29) is 10.7 Å². The summed E-state index contributed by atoms with van der Waals surface area (Å²) in [4.78, 5) is 10.9. The van der Waals surface area contributed by atoms with Crippen LogP contribution in [0.4, 0.5) is 0 Å². The molecule has 2 N–H and O–H groups in total. The minimum atomic E-state index is -0.501. The summed E-state index contributed by atoms with van der Waals surface area (Å²) in [5.41, 5.74) is 5.54. The van der Waals surface area contributed by atoms with Crippen molar-refractivity contribution in [2.45, 2.75) is 31.6 Å². The number of carbonyl (C=O) groups is 1. The highest BCUT2D eigenvalue weighted by atomic mass is 32.2. The molecule has 0 heterocycles. The normalized spacial score (nSPS) is 14.1. The first-order valence-electron chi connectivity index (χ1n) is 3.84. The summed E-state index contributed by atoms with van der Waals surface area (Å²) in [5, 5.41) is 0. The molecule has 0 spiro atoms. The lowest BCUT2D eigenvalue weighted by atomic mass is 10.3. The van der Waals surface area contributed by atoms with Crippen LogP contribution in [0.2, 0.25) is 0 Å². The maximum absolute atomic E-state index is 10.9. The number of methoxy groups -OCH3 is 1. The van der Waals surface area contributed by atoms with Gasteiger partial charge in [-0.25, -0.2) is 0 Å². The SMILES string of the molecule is COC(=O)[C@H](N)CSC(C)(C)C. The number of rotatable bonds is 3. The van der Waals surface area contributed by atoms with Gasteiger partial charge in [0.2, 0.25) is 0 Å². The van der Waals surface area contributed by atoms with E-state index in [0.717, 1.165) is 0 Å². The maximum Gasteiger partial charge on any atom is 0.323 e. The summed E-state index contributed by atoms with van der Waals surface area (Å²) in [6.07, 6.45) is 0. The fourth-order valence-corrected chi connectivity index (χ4v) is 1.37. The lowest BCUT2D eigenvalue weighted by molar-refractivity contribution is -0.141. The van der Waals surface area contributed by atoms with Crippen molar-refractivity contribution in [2.75, 3.05) is 12.9 Å². The van der Waals surface area contributed by atoms with Crippen molar-refractivity contribution < 1.29 is 9.53 Å². The van der Waals surface area contributed by atoms with E-state index in [1.807, 2.05) is 0 Å². The Morgan fingerprint density at radius 2 is 2.08 bits per heavy atom. The van der Waals surface area contributed by atoms with Crippen LogP contribution in [-0.2, 0) is 9.53 Å². The number of hydrogen-bond donors (Lipinski definition) is 1. The molecule has 1 atom stereocenters. The molecule has 0 unspecified atom stereocenters. The van der Waals surface area contributed by atoms with Gasteiger partial charge in [0.1, 0.15) is 6.04 Å². The predicted octanol–water partition coefficient (Wildman–Crippen LogP) is 1.02. The van der Waals surface area contributed by atoms with E-state index >= 15 is 0 Å². The molecule has 0 radical (unpaired) electrons. The lowest BCUT2D eigenvalue weighted by Crippen LogP contribution is -2.35. The molecule has 0 aliphatic heterocycles. The van der Waals surface area contributed by atoms with Crippen LogP contribution in [0.15, 0.2) is 0 Å². The number of carbonyl (C=O) groups excluding carboxylic acids is 1. The number of esters is 1. The van der Waals surface area contributed by atoms with Crippen LogP contribution in [-0.4, -0.2) is 29.6 Å². The molecule has 4 heteroatoms. The third-order valence-corrected chi connectivity index (χ3v) is 2.59. The molecule has 12 heavy (non-hydrogen) atoms. The molecule has 0 aromatic carbocycles. The van der Waals surface area contributed by atoms with Gasteiger partial charge in [-0.3, -0.25) is 4.79 Å². The molecule has 0 aliphatic rings. The van der Waals surface area contributed by atoms with E-state index in [0.29, 0.717) is 5.75 Å². The first-order valence-corrected chi connectivity index (χ1v) is 4.83. The van der Waals surface area contributed by atoms with Gasteiger partial charge in [-0.2, -0.15) is 11.8 Å². The van der Waals surface area contributed by atoms with Crippen molar-refractivity contribution >= 4 is 17.7 Å². The number of thioether (sulfide) groups is 1. The highest BCUT2D eigenvalue weighted by Crippen LogP contribution is 2.23. The Kier molecular flexibility index (Phi) is 4.63. The highest BCUT2D eigenvalue weighted by molar-refractivity contribution is 8.00. The molecule has 0 rings (SSSR count). The Balaban J connectivity index is 3.72. The fourth-order valence-electron chi connectivity index (χ4n) is 0.559. The second-order valence-corrected chi connectivity index (χ2v) is 5.40. The molecule has 72 valence electrons. The van der Waals surface area contributed by atoms with E-state index in [1.165, 1.54) is 7.11 Å². The summed E-state index contributed by atoms with van der Waals surface area (Å²) < 4.78 is 4.64. The van der Waals surface area contributed by atoms with Gasteiger partial charge < -0.3 is 10.5 Å². The molecule has 0 aliphatic carbocycles. The monoisotopic (exact) mass is 191 g/mol. The third kappa shape index (κ3) is 5.43. The summed E-state index contributed by atoms with van der Waals surface area (Å²) in [6, 6.07) is -0.501. The standard InChI is InChI=1S/C8H17NO2S/c1-8(2,3)12-5-6(9)7(10)11-4/h6H,5,9H2,1-4H3/t6-/m1/s1. The topological polar surface area (TPSA) is 52.3 Å². The largest absolute Gasteiger partial charge is 0.468 e. The second-order valence-electron chi connectivity index (χ2n) is 3.55. The summed E-state index contributed by atoms with van der Waals surface area (Å²) in [5.74, 6) is 0.266. The smallest absolute Gasteiger partial charge is 0.323 e. The number of hydrogen-bond acceptors (Lipinski definition) is 4. The van der Waals surface area contributed by atoms with Crippen LogP contribution in [0.25, 0.3) is 0 Å². The van der Waals surface area contributed by atoms with Crippen LogP contribution in [0.5, 0.6) is 0 Å². The molecule has 0 fully saturated rings. The van der Waals surface area contributed by atoms with Crippen LogP contribution in [0.3, 0.4) is 0 Å². The van der Waals surface area contributed by atoms with Gasteiger partial charge in [0, 0.05) is 10.5 Å². The predicted molar refractivity (Wildman–Crippen MR) is 52.2 cm³/mol. The van der Waals surface area contributed by atoms with Crippen molar-refractivity contribution in [1.82, 2.24) is 0 Å². The van der Waals surface area contributed by atoms with Crippen LogP contribution >= 0.6 is 11.8 Å². The maximum atomic E-state index is 10.9. The van der Waals surface area contributed by atoms with Crippen molar-refractivity contribution in [3.8, 4) is 0 Å². The number of ether oxygens (including phenoxy) is 1. The number of nitrogens with two attached hydrogens (primary N) is 1. The molecule has 0 amide bonds. The Bertz CT molecular complexity index is 154. The van der Waals surface area contributed by atoms with Crippen LogP contribution in [0, 0.1) is 0 Å². The molecule has 0 bridgehead atoms. The van der Waals surface area contributed by atoms with Crippen molar-refractivity contribution in [1.29, 1.82) is 0 Å². The Morgan fingerprint density at radius 3 is 2.42 bits per heavy atom. The van der Waals surface area contributed by atoms with Crippen molar-refractivity contribution in [3.63, 3.8) is 0 Å². The molecule has 0 aromatic heterocycles. The zero-order valence-corrected chi connectivity index (χ0v) is 8.90. The van der Waals surface area contributed by atoms with Crippen molar-refractivity contribution in [2.24, 2.45) is 5.73 Å². The van der Waals surface area contributed by atoms with E-state index in [9.17, 15) is 4.79 Å². The summed E-state index contributed by atoms with van der Waals surface area (Å²) >= 11 is 1.66. The second kappa shape index (κ2) is 4.72. The Hall–Kier alpha value is -0.220. The summed E-state index contributed by atoms with van der Waals surface area (Å²) in [7, 11) is 1.35. The van der Waals surface area contributed by atoms with E-state index in [4.69, 9.17) is 5.73 Å². The third-order valence-electron chi connectivity index (χ3n) is 1.20. The zero-order chi connectivity index (χ0) is 9.78. The molecule has 0 saturated heterocycles.